The summed E-state index contributed by atoms with van der Waals surface area (Å²) in [5.41, 5.74) is 0.0432. The van der Waals surface area contributed by atoms with Crippen LogP contribution in [-0.2, 0) is 0 Å². The fourth-order valence-corrected chi connectivity index (χ4v) is 6.88. The first-order chi connectivity index (χ1) is 12.2. The van der Waals surface area contributed by atoms with E-state index in [1.54, 1.807) is 0 Å². The van der Waals surface area contributed by atoms with Crippen LogP contribution in [0.15, 0.2) is 0 Å². The van der Waals surface area contributed by atoms with E-state index in [-0.39, 0.29) is 5.41 Å². The second-order valence-corrected chi connectivity index (χ2v) is 9.84. The van der Waals surface area contributed by atoms with E-state index in [1.165, 1.54) is 96.3 Å². The van der Waals surface area contributed by atoms with E-state index in [0.29, 0.717) is 0 Å². The van der Waals surface area contributed by atoms with Gasteiger partial charge in [-0.1, -0.05) is 58.8 Å². The van der Waals surface area contributed by atoms with Crippen LogP contribution in [0, 0.1) is 46.3 Å². The minimum Gasteiger partial charge on any atom is -0.198 e. The minimum absolute atomic E-state index is 0.0432. The van der Waals surface area contributed by atoms with Gasteiger partial charge >= 0.3 is 0 Å². The molecule has 25 heavy (non-hydrogen) atoms. The van der Waals surface area contributed by atoms with Crippen molar-refractivity contribution in [3.8, 4) is 6.07 Å². The van der Waals surface area contributed by atoms with Crippen LogP contribution in [0.4, 0.5) is 0 Å². The highest BCUT2D eigenvalue weighted by Gasteiger charge is 2.48. The first kappa shape index (κ1) is 19.3. The van der Waals surface area contributed by atoms with Gasteiger partial charge in [-0.2, -0.15) is 5.26 Å². The molecule has 3 aliphatic carbocycles. The van der Waals surface area contributed by atoms with Gasteiger partial charge in [-0.3, -0.25) is 0 Å². The highest BCUT2D eigenvalue weighted by molar-refractivity contribution is 5.06. The van der Waals surface area contributed by atoms with Gasteiger partial charge in [-0.25, -0.2) is 0 Å². The fourth-order valence-electron chi connectivity index (χ4n) is 6.88. The molecule has 3 aliphatic rings. The molecule has 0 heterocycles. The Hall–Kier alpha value is -0.510. The first-order valence-corrected chi connectivity index (χ1v) is 11.6. The average Bonchev–Trinajstić information content (AvgIpc) is 2.66. The smallest absolute Gasteiger partial charge is 0.0689 e. The predicted molar refractivity (Wildman–Crippen MR) is 106 cm³/mol. The molecule has 0 spiro atoms. The zero-order valence-electron chi connectivity index (χ0n) is 16.9. The Balaban J connectivity index is 1.57. The van der Waals surface area contributed by atoms with Crippen molar-refractivity contribution in [1.82, 2.24) is 0 Å². The van der Waals surface area contributed by atoms with Crippen LogP contribution in [0.2, 0.25) is 0 Å². The molecule has 0 amide bonds. The van der Waals surface area contributed by atoms with Gasteiger partial charge in [0.25, 0.3) is 0 Å². The Morgan fingerprint density at radius 2 is 1.64 bits per heavy atom. The number of hydrogen-bond acceptors (Lipinski definition) is 1. The van der Waals surface area contributed by atoms with E-state index in [2.05, 4.69) is 19.9 Å². The highest BCUT2D eigenvalue weighted by Crippen LogP contribution is 2.57. The van der Waals surface area contributed by atoms with Gasteiger partial charge in [0.05, 0.1) is 11.5 Å². The summed E-state index contributed by atoms with van der Waals surface area (Å²) in [5.74, 6) is 4.94. The molecule has 0 radical (unpaired) electrons. The molecule has 0 bridgehead atoms. The summed E-state index contributed by atoms with van der Waals surface area (Å²) < 4.78 is 0. The van der Waals surface area contributed by atoms with Crippen molar-refractivity contribution in [3.05, 3.63) is 0 Å². The van der Waals surface area contributed by atoms with Crippen LogP contribution < -0.4 is 0 Å². The summed E-state index contributed by atoms with van der Waals surface area (Å²) in [7, 11) is 0. The van der Waals surface area contributed by atoms with E-state index in [4.69, 9.17) is 0 Å². The lowest BCUT2D eigenvalue weighted by Gasteiger charge is -2.52. The third kappa shape index (κ3) is 4.43. The van der Waals surface area contributed by atoms with Crippen molar-refractivity contribution >= 4 is 0 Å². The zero-order chi connectivity index (χ0) is 17.7. The Bertz CT molecular complexity index is 450. The lowest BCUT2D eigenvalue weighted by molar-refractivity contribution is -0.0181. The normalized spacial score (nSPS) is 40.8. The topological polar surface area (TPSA) is 23.8 Å². The molecule has 0 aromatic carbocycles. The van der Waals surface area contributed by atoms with E-state index in [0.717, 1.165) is 29.6 Å². The molecule has 3 fully saturated rings. The molecule has 1 nitrogen and oxygen atoms in total. The Morgan fingerprint density at radius 1 is 0.880 bits per heavy atom. The van der Waals surface area contributed by atoms with Crippen LogP contribution in [0.5, 0.6) is 0 Å². The molecule has 0 aromatic rings. The molecule has 3 rings (SSSR count). The lowest BCUT2D eigenvalue weighted by Crippen LogP contribution is -2.44. The van der Waals surface area contributed by atoms with Gasteiger partial charge < -0.3 is 0 Å². The standard InChI is InChI=1S/C24H41N/c1-3-5-7-14-24(18-25)15-13-23-21(17-24)11-10-20-16-19(8-6-4-2)9-12-22(20)23/h19-23H,3-17H2,1-2H3/t19-,20?,21?,22?,23?,24+/m0/s1. The Kier molecular flexibility index (Phi) is 6.87. The van der Waals surface area contributed by atoms with E-state index in [9.17, 15) is 5.26 Å². The molecule has 0 N–H and O–H groups in total. The molecule has 0 aliphatic heterocycles. The van der Waals surface area contributed by atoms with Crippen LogP contribution in [-0.4, -0.2) is 0 Å². The number of unbranched alkanes of at least 4 members (excludes halogenated alkanes) is 3. The SMILES string of the molecule is CCCCC[C@@]1(C#N)CCC2C(CCC3C[C@@H](CCCC)CCC32)C1. The number of fused-ring (bicyclic) bond motifs is 3. The lowest BCUT2D eigenvalue weighted by atomic mass is 9.52. The summed E-state index contributed by atoms with van der Waals surface area (Å²) in [5, 5.41) is 9.93. The van der Waals surface area contributed by atoms with Gasteiger partial charge in [0, 0.05) is 0 Å². The third-order valence-corrected chi connectivity index (χ3v) is 8.28. The number of hydrogen-bond donors (Lipinski definition) is 0. The highest BCUT2D eigenvalue weighted by atomic mass is 14.5. The average molecular weight is 344 g/mol. The largest absolute Gasteiger partial charge is 0.198 e. The molecule has 3 saturated carbocycles. The quantitative estimate of drug-likeness (QED) is 0.439. The number of nitriles is 1. The molecular formula is C24H41N. The van der Waals surface area contributed by atoms with Crippen LogP contribution >= 0.6 is 0 Å². The maximum atomic E-state index is 9.93. The van der Waals surface area contributed by atoms with E-state index >= 15 is 0 Å². The van der Waals surface area contributed by atoms with Crippen LogP contribution in [0.3, 0.4) is 0 Å². The monoisotopic (exact) mass is 343 g/mol. The van der Waals surface area contributed by atoms with Crippen molar-refractivity contribution in [2.75, 3.05) is 0 Å². The third-order valence-electron chi connectivity index (χ3n) is 8.28. The Labute approximate surface area is 157 Å². The summed E-state index contributed by atoms with van der Waals surface area (Å²) in [6.45, 7) is 4.61. The first-order valence-electron chi connectivity index (χ1n) is 11.6. The van der Waals surface area contributed by atoms with E-state index < -0.39 is 0 Å². The number of nitrogens with zero attached hydrogens (tertiary/aromatic N) is 1. The number of rotatable bonds is 7. The molecule has 142 valence electrons. The van der Waals surface area contributed by atoms with Crippen molar-refractivity contribution in [1.29, 1.82) is 5.26 Å². The molecule has 4 unspecified atom stereocenters. The summed E-state index contributed by atoms with van der Waals surface area (Å²) in [6, 6.07) is 2.81. The summed E-state index contributed by atoms with van der Waals surface area (Å²) >= 11 is 0. The van der Waals surface area contributed by atoms with Gasteiger partial charge in [0.2, 0.25) is 0 Å². The molecule has 1 heteroatoms. The summed E-state index contributed by atoms with van der Waals surface area (Å²) in [6.07, 6.45) is 20.6. The van der Waals surface area contributed by atoms with Crippen molar-refractivity contribution < 1.29 is 0 Å². The van der Waals surface area contributed by atoms with Crippen LogP contribution in [0.25, 0.3) is 0 Å². The van der Waals surface area contributed by atoms with Crippen LogP contribution in [0.1, 0.15) is 110 Å². The van der Waals surface area contributed by atoms with Gasteiger partial charge in [-0.15, -0.1) is 0 Å². The van der Waals surface area contributed by atoms with Crippen molar-refractivity contribution in [2.24, 2.45) is 35.0 Å². The summed E-state index contributed by atoms with van der Waals surface area (Å²) in [4.78, 5) is 0. The van der Waals surface area contributed by atoms with Gasteiger partial charge in [0.1, 0.15) is 0 Å². The zero-order valence-corrected chi connectivity index (χ0v) is 16.9. The van der Waals surface area contributed by atoms with Gasteiger partial charge in [0.15, 0.2) is 0 Å². The molecule has 6 atom stereocenters. The van der Waals surface area contributed by atoms with Crippen molar-refractivity contribution in [3.63, 3.8) is 0 Å². The predicted octanol–water partition coefficient (Wildman–Crippen LogP) is 7.51. The second kappa shape index (κ2) is 8.92. The minimum atomic E-state index is 0.0432. The second-order valence-electron chi connectivity index (χ2n) is 9.84. The van der Waals surface area contributed by atoms with Gasteiger partial charge in [-0.05, 0) is 81.0 Å². The van der Waals surface area contributed by atoms with E-state index in [1.807, 2.05) is 0 Å². The molecule has 0 aromatic heterocycles. The Morgan fingerprint density at radius 3 is 2.40 bits per heavy atom. The molecular weight excluding hydrogens is 302 g/mol. The maximum Gasteiger partial charge on any atom is 0.0689 e. The molecule has 0 saturated heterocycles. The maximum absolute atomic E-state index is 9.93. The fraction of sp³-hybridized carbons (Fsp3) is 0.958. The van der Waals surface area contributed by atoms with Crippen molar-refractivity contribution in [2.45, 2.75) is 110 Å².